The van der Waals surface area contributed by atoms with Gasteiger partial charge in [-0.3, -0.25) is 4.79 Å². The molecule has 0 saturated heterocycles. The van der Waals surface area contributed by atoms with Gasteiger partial charge in [0, 0.05) is 10.4 Å². The standard InChI is InChI=1S/C21H18ClN5O2S/c1-14-2-5-17(6-3-14)29-10-21-25-16(11-30-21)9-20(28)26-18-8-15(22)4-7-19(18)27-13-23-12-24-27/h2-8,11-13H,9-10H2,1H3,(H,26,28). The lowest BCUT2D eigenvalue weighted by Gasteiger charge is -2.11. The van der Waals surface area contributed by atoms with Crippen molar-refractivity contribution in [1.82, 2.24) is 19.7 Å². The molecule has 0 saturated carbocycles. The Bertz CT molecular complexity index is 1140. The van der Waals surface area contributed by atoms with Crippen LogP contribution in [0, 0.1) is 6.92 Å². The summed E-state index contributed by atoms with van der Waals surface area (Å²) >= 11 is 7.56. The minimum Gasteiger partial charge on any atom is -0.486 e. The minimum atomic E-state index is -0.199. The van der Waals surface area contributed by atoms with Gasteiger partial charge in [0.2, 0.25) is 5.91 Å². The fourth-order valence-corrected chi connectivity index (χ4v) is 3.65. The van der Waals surface area contributed by atoms with E-state index in [1.54, 1.807) is 29.2 Å². The van der Waals surface area contributed by atoms with Crippen LogP contribution < -0.4 is 10.1 Å². The van der Waals surface area contributed by atoms with Crippen molar-refractivity contribution in [3.63, 3.8) is 0 Å². The summed E-state index contributed by atoms with van der Waals surface area (Å²) in [5.74, 6) is 0.589. The fraction of sp³-hybridized carbons (Fsp3) is 0.143. The van der Waals surface area contributed by atoms with E-state index < -0.39 is 0 Å². The van der Waals surface area contributed by atoms with Crippen LogP contribution in [-0.4, -0.2) is 25.7 Å². The van der Waals surface area contributed by atoms with E-state index >= 15 is 0 Å². The van der Waals surface area contributed by atoms with E-state index in [-0.39, 0.29) is 12.3 Å². The molecule has 0 aliphatic rings. The number of aromatic nitrogens is 4. The molecule has 1 amide bonds. The van der Waals surface area contributed by atoms with Crippen LogP contribution in [0.3, 0.4) is 0 Å². The van der Waals surface area contributed by atoms with Gasteiger partial charge < -0.3 is 10.1 Å². The maximum atomic E-state index is 12.6. The quantitative estimate of drug-likeness (QED) is 0.460. The molecule has 2 aromatic carbocycles. The molecule has 0 bridgehead atoms. The largest absolute Gasteiger partial charge is 0.486 e. The summed E-state index contributed by atoms with van der Waals surface area (Å²) in [4.78, 5) is 21.0. The minimum absolute atomic E-state index is 0.143. The van der Waals surface area contributed by atoms with Crippen molar-refractivity contribution in [3.8, 4) is 11.4 Å². The first-order valence-corrected chi connectivity index (χ1v) is 10.4. The van der Waals surface area contributed by atoms with Gasteiger partial charge in [0.1, 0.15) is 30.0 Å². The number of carbonyl (C=O) groups excluding carboxylic acids is 1. The third-order valence-corrected chi connectivity index (χ3v) is 5.33. The lowest BCUT2D eigenvalue weighted by Crippen LogP contribution is -2.16. The predicted molar refractivity (Wildman–Crippen MR) is 116 cm³/mol. The molecule has 152 valence electrons. The molecule has 0 radical (unpaired) electrons. The molecule has 9 heteroatoms. The summed E-state index contributed by atoms with van der Waals surface area (Å²) < 4.78 is 7.31. The monoisotopic (exact) mass is 439 g/mol. The number of halogens is 1. The molecule has 1 N–H and O–H groups in total. The normalized spacial score (nSPS) is 10.7. The molecule has 0 atom stereocenters. The Kier molecular flexibility index (Phi) is 6.06. The van der Waals surface area contributed by atoms with Gasteiger partial charge in [-0.25, -0.2) is 14.6 Å². The summed E-state index contributed by atoms with van der Waals surface area (Å²) in [7, 11) is 0. The number of nitrogens with one attached hydrogen (secondary N) is 1. The Labute approximate surface area is 182 Å². The van der Waals surface area contributed by atoms with E-state index in [0.29, 0.717) is 28.7 Å². The first kappa shape index (κ1) is 20.1. The highest BCUT2D eigenvalue weighted by Crippen LogP contribution is 2.24. The van der Waals surface area contributed by atoms with E-state index in [1.165, 1.54) is 23.2 Å². The van der Waals surface area contributed by atoms with Crippen molar-refractivity contribution in [3.05, 3.63) is 81.8 Å². The number of aryl methyl sites for hydroxylation is 1. The zero-order chi connectivity index (χ0) is 20.9. The van der Waals surface area contributed by atoms with Gasteiger partial charge in [0.05, 0.1) is 23.5 Å². The zero-order valence-electron chi connectivity index (χ0n) is 16.1. The molecule has 0 aliphatic carbocycles. The van der Waals surface area contributed by atoms with Crippen molar-refractivity contribution >= 4 is 34.5 Å². The van der Waals surface area contributed by atoms with Crippen LogP contribution in [0.1, 0.15) is 16.3 Å². The van der Waals surface area contributed by atoms with Gasteiger partial charge >= 0.3 is 0 Å². The SMILES string of the molecule is Cc1ccc(OCc2nc(CC(=O)Nc3cc(Cl)ccc3-n3cncn3)cs2)cc1. The Morgan fingerprint density at radius 2 is 2.07 bits per heavy atom. The highest BCUT2D eigenvalue weighted by molar-refractivity contribution is 7.09. The van der Waals surface area contributed by atoms with Gasteiger partial charge in [0.25, 0.3) is 0 Å². The van der Waals surface area contributed by atoms with Crippen molar-refractivity contribution < 1.29 is 9.53 Å². The van der Waals surface area contributed by atoms with Gasteiger partial charge in [-0.1, -0.05) is 29.3 Å². The number of anilines is 1. The highest BCUT2D eigenvalue weighted by Gasteiger charge is 2.13. The predicted octanol–water partition coefficient (Wildman–Crippen LogP) is 4.45. The Morgan fingerprint density at radius 3 is 2.83 bits per heavy atom. The molecule has 4 aromatic rings. The topological polar surface area (TPSA) is 81.9 Å². The van der Waals surface area contributed by atoms with Crippen LogP contribution in [0.2, 0.25) is 5.02 Å². The second-order valence-corrected chi connectivity index (χ2v) is 7.94. The van der Waals surface area contributed by atoms with Crippen LogP contribution >= 0.6 is 22.9 Å². The second-order valence-electron chi connectivity index (χ2n) is 6.56. The van der Waals surface area contributed by atoms with Gasteiger partial charge in [-0.05, 0) is 37.3 Å². The van der Waals surface area contributed by atoms with Crippen molar-refractivity contribution in [2.45, 2.75) is 20.0 Å². The number of carbonyl (C=O) groups is 1. The maximum Gasteiger partial charge on any atom is 0.230 e. The molecule has 30 heavy (non-hydrogen) atoms. The Morgan fingerprint density at radius 1 is 1.23 bits per heavy atom. The number of rotatable bonds is 7. The smallest absolute Gasteiger partial charge is 0.230 e. The lowest BCUT2D eigenvalue weighted by molar-refractivity contribution is -0.115. The lowest BCUT2D eigenvalue weighted by atomic mass is 10.2. The molecule has 7 nitrogen and oxygen atoms in total. The summed E-state index contributed by atoms with van der Waals surface area (Å²) in [5.41, 5.74) is 3.09. The van der Waals surface area contributed by atoms with Crippen LogP contribution in [0.25, 0.3) is 5.69 Å². The van der Waals surface area contributed by atoms with Crippen LogP contribution in [0.4, 0.5) is 5.69 Å². The second kappa shape index (κ2) is 9.06. The molecular weight excluding hydrogens is 422 g/mol. The van der Waals surface area contributed by atoms with E-state index in [4.69, 9.17) is 16.3 Å². The summed E-state index contributed by atoms with van der Waals surface area (Å²) in [6.45, 7) is 2.39. The third kappa shape index (κ3) is 5.03. The summed E-state index contributed by atoms with van der Waals surface area (Å²) in [6, 6.07) is 13.0. The molecule has 0 spiro atoms. The average molecular weight is 440 g/mol. The Hall–Kier alpha value is -3.23. The number of thiazole rings is 1. The Balaban J connectivity index is 1.38. The molecule has 0 aliphatic heterocycles. The summed E-state index contributed by atoms with van der Waals surface area (Å²) in [6.07, 6.45) is 3.12. The number of hydrogen-bond acceptors (Lipinski definition) is 6. The maximum absolute atomic E-state index is 12.6. The highest BCUT2D eigenvalue weighted by atomic mass is 35.5. The number of hydrogen-bond donors (Lipinski definition) is 1. The number of amides is 1. The zero-order valence-corrected chi connectivity index (χ0v) is 17.7. The molecule has 2 heterocycles. The van der Waals surface area contributed by atoms with Gasteiger partial charge in [-0.2, -0.15) is 5.10 Å². The van der Waals surface area contributed by atoms with Crippen LogP contribution in [0.15, 0.2) is 60.5 Å². The van der Waals surface area contributed by atoms with Crippen LogP contribution in [-0.2, 0) is 17.8 Å². The van der Waals surface area contributed by atoms with Crippen molar-refractivity contribution in [2.75, 3.05) is 5.32 Å². The van der Waals surface area contributed by atoms with Crippen molar-refractivity contribution in [1.29, 1.82) is 0 Å². The fourth-order valence-electron chi connectivity index (χ4n) is 2.78. The first-order valence-electron chi connectivity index (χ1n) is 9.14. The van der Waals surface area contributed by atoms with Gasteiger partial charge in [0.15, 0.2) is 0 Å². The van der Waals surface area contributed by atoms with Gasteiger partial charge in [-0.15, -0.1) is 11.3 Å². The number of nitrogens with zero attached hydrogens (tertiary/aromatic N) is 4. The van der Waals surface area contributed by atoms with E-state index in [0.717, 1.165) is 10.8 Å². The third-order valence-electron chi connectivity index (χ3n) is 4.22. The van der Waals surface area contributed by atoms with E-state index in [9.17, 15) is 4.79 Å². The first-order chi connectivity index (χ1) is 14.6. The molecular formula is C21H18ClN5O2S. The molecule has 0 unspecified atom stereocenters. The number of ether oxygens (including phenoxy) is 1. The molecule has 4 rings (SSSR count). The van der Waals surface area contributed by atoms with Crippen molar-refractivity contribution in [2.24, 2.45) is 0 Å². The molecule has 2 aromatic heterocycles. The van der Waals surface area contributed by atoms with E-state index in [1.807, 2.05) is 36.6 Å². The number of benzene rings is 2. The molecule has 0 fully saturated rings. The van der Waals surface area contributed by atoms with Crippen LogP contribution in [0.5, 0.6) is 5.75 Å². The van der Waals surface area contributed by atoms with E-state index in [2.05, 4.69) is 20.4 Å². The summed E-state index contributed by atoms with van der Waals surface area (Å²) in [5, 5.41) is 10.2. The average Bonchev–Trinajstić information content (AvgIpc) is 3.40.